The Hall–Kier alpha value is -3.74. The molecule has 0 unspecified atom stereocenters. The number of anilines is 2. The predicted molar refractivity (Wildman–Crippen MR) is 110 cm³/mol. The van der Waals surface area contributed by atoms with Crippen molar-refractivity contribution < 1.29 is 14.3 Å². The maximum Gasteiger partial charge on any atom is 0.339 e. The Labute approximate surface area is 169 Å². The van der Waals surface area contributed by atoms with Crippen LogP contribution in [-0.4, -0.2) is 29.0 Å². The van der Waals surface area contributed by atoms with Crippen LogP contribution in [0.1, 0.15) is 37.8 Å². The van der Waals surface area contributed by atoms with Crippen LogP contribution in [0.3, 0.4) is 0 Å². The number of methoxy groups -OCH3 is 1. The summed E-state index contributed by atoms with van der Waals surface area (Å²) in [5.41, 5.74) is 3.29. The van der Waals surface area contributed by atoms with E-state index in [0.717, 1.165) is 11.1 Å². The molecule has 148 valence electrons. The van der Waals surface area contributed by atoms with Crippen molar-refractivity contribution in [2.24, 2.45) is 0 Å². The monoisotopic (exact) mass is 390 g/mol. The number of esters is 1. The van der Waals surface area contributed by atoms with E-state index < -0.39 is 5.97 Å². The number of rotatable bonds is 6. The maximum atomic E-state index is 12.6. The van der Waals surface area contributed by atoms with E-state index in [1.54, 1.807) is 37.3 Å². The van der Waals surface area contributed by atoms with Crippen LogP contribution in [-0.2, 0) is 11.3 Å². The average molecular weight is 390 g/mol. The molecule has 0 bridgehead atoms. The highest BCUT2D eigenvalue weighted by molar-refractivity contribution is 5.97. The van der Waals surface area contributed by atoms with Gasteiger partial charge >= 0.3 is 5.97 Å². The van der Waals surface area contributed by atoms with Gasteiger partial charge in [-0.3, -0.25) is 4.79 Å². The van der Waals surface area contributed by atoms with E-state index in [1.165, 1.54) is 7.11 Å². The number of para-hydroxylation sites is 1. The number of benzene rings is 2. The Morgan fingerprint density at radius 2 is 1.72 bits per heavy atom. The van der Waals surface area contributed by atoms with Gasteiger partial charge in [0, 0.05) is 12.6 Å². The Bertz CT molecular complexity index is 1050. The summed E-state index contributed by atoms with van der Waals surface area (Å²) < 4.78 is 4.81. The molecule has 0 aliphatic rings. The second-order valence-electron chi connectivity index (χ2n) is 6.46. The molecular formula is C22H22N4O3. The number of carbonyl (C=O) groups is 2. The molecule has 7 nitrogen and oxygen atoms in total. The molecule has 29 heavy (non-hydrogen) atoms. The van der Waals surface area contributed by atoms with Gasteiger partial charge in [0.15, 0.2) is 0 Å². The van der Waals surface area contributed by atoms with Crippen LogP contribution in [0, 0.1) is 13.8 Å². The summed E-state index contributed by atoms with van der Waals surface area (Å²) in [4.78, 5) is 33.1. The van der Waals surface area contributed by atoms with E-state index in [9.17, 15) is 9.59 Å². The molecular weight excluding hydrogens is 368 g/mol. The Balaban J connectivity index is 1.79. The lowest BCUT2D eigenvalue weighted by Crippen LogP contribution is -2.24. The number of aromatic nitrogens is 2. The number of amides is 1. The number of ether oxygens (including phenoxy) is 1. The molecule has 2 aromatic carbocycles. The Morgan fingerprint density at radius 3 is 2.48 bits per heavy atom. The van der Waals surface area contributed by atoms with Crippen LogP contribution in [0.4, 0.5) is 11.5 Å². The van der Waals surface area contributed by atoms with Gasteiger partial charge in [-0.15, -0.1) is 0 Å². The molecule has 0 spiro atoms. The summed E-state index contributed by atoms with van der Waals surface area (Å²) >= 11 is 0. The van der Waals surface area contributed by atoms with Crippen LogP contribution in [0.2, 0.25) is 0 Å². The fourth-order valence-electron chi connectivity index (χ4n) is 2.84. The molecule has 0 saturated heterocycles. The van der Waals surface area contributed by atoms with Gasteiger partial charge in [-0.05, 0) is 37.1 Å². The van der Waals surface area contributed by atoms with E-state index in [-0.39, 0.29) is 11.6 Å². The zero-order chi connectivity index (χ0) is 20.8. The minimum absolute atomic E-state index is 0.240. The fraction of sp³-hybridized carbons (Fsp3) is 0.182. The fourth-order valence-corrected chi connectivity index (χ4v) is 2.84. The molecule has 0 saturated carbocycles. The van der Waals surface area contributed by atoms with Crippen molar-refractivity contribution in [2.45, 2.75) is 20.4 Å². The minimum Gasteiger partial charge on any atom is -0.465 e. The Kier molecular flexibility index (Phi) is 6.19. The normalized spacial score (nSPS) is 10.3. The second kappa shape index (κ2) is 8.97. The summed E-state index contributed by atoms with van der Waals surface area (Å²) in [6.45, 7) is 4.11. The predicted octanol–water partition coefficient (Wildman–Crippen LogP) is 3.55. The van der Waals surface area contributed by atoms with Crippen molar-refractivity contribution in [1.29, 1.82) is 0 Å². The quantitative estimate of drug-likeness (QED) is 0.625. The van der Waals surface area contributed by atoms with Crippen LogP contribution in [0.5, 0.6) is 0 Å². The van der Waals surface area contributed by atoms with E-state index in [0.29, 0.717) is 29.4 Å². The van der Waals surface area contributed by atoms with E-state index in [4.69, 9.17) is 4.74 Å². The summed E-state index contributed by atoms with van der Waals surface area (Å²) in [6, 6.07) is 16.3. The number of hydrogen-bond acceptors (Lipinski definition) is 6. The smallest absolute Gasteiger partial charge is 0.339 e. The Morgan fingerprint density at radius 1 is 1.00 bits per heavy atom. The van der Waals surface area contributed by atoms with Gasteiger partial charge in [-0.25, -0.2) is 14.8 Å². The lowest BCUT2D eigenvalue weighted by Gasteiger charge is -2.12. The van der Waals surface area contributed by atoms with Gasteiger partial charge in [0.1, 0.15) is 17.3 Å². The number of nitrogens with zero attached hydrogens (tertiary/aromatic N) is 2. The zero-order valence-corrected chi connectivity index (χ0v) is 16.5. The van der Waals surface area contributed by atoms with Crippen molar-refractivity contribution in [2.75, 3.05) is 12.4 Å². The van der Waals surface area contributed by atoms with Crippen LogP contribution < -0.4 is 10.6 Å². The highest BCUT2D eigenvalue weighted by Crippen LogP contribution is 2.21. The first-order valence-corrected chi connectivity index (χ1v) is 9.10. The van der Waals surface area contributed by atoms with Gasteiger partial charge in [-0.2, -0.15) is 0 Å². The molecule has 0 fully saturated rings. The summed E-state index contributed by atoms with van der Waals surface area (Å²) in [5.74, 6) is 0.0830. The number of carbonyl (C=O) groups excluding carboxylic acids is 2. The van der Waals surface area contributed by atoms with Crippen LogP contribution in [0.25, 0.3) is 0 Å². The van der Waals surface area contributed by atoms with Crippen LogP contribution >= 0.6 is 0 Å². The van der Waals surface area contributed by atoms with E-state index >= 15 is 0 Å². The third-order valence-electron chi connectivity index (χ3n) is 4.37. The molecule has 3 aromatic rings. The minimum atomic E-state index is -0.463. The molecule has 7 heteroatoms. The lowest BCUT2D eigenvalue weighted by molar-refractivity contribution is 0.0601. The molecule has 0 aliphatic heterocycles. The molecule has 1 amide bonds. The molecule has 0 radical (unpaired) electrons. The van der Waals surface area contributed by atoms with Gasteiger partial charge in [0.25, 0.3) is 5.91 Å². The molecule has 0 aliphatic carbocycles. The summed E-state index contributed by atoms with van der Waals surface area (Å²) in [7, 11) is 1.32. The van der Waals surface area contributed by atoms with Crippen molar-refractivity contribution in [3.8, 4) is 0 Å². The highest BCUT2D eigenvalue weighted by Gasteiger charge is 2.14. The van der Waals surface area contributed by atoms with E-state index in [2.05, 4.69) is 20.6 Å². The second-order valence-corrected chi connectivity index (χ2v) is 6.46. The summed E-state index contributed by atoms with van der Waals surface area (Å²) in [6.07, 6.45) is 0. The molecule has 0 atom stereocenters. The first-order valence-electron chi connectivity index (χ1n) is 9.10. The third kappa shape index (κ3) is 4.95. The van der Waals surface area contributed by atoms with Gasteiger partial charge in [0.2, 0.25) is 0 Å². The van der Waals surface area contributed by atoms with Crippen molar-refractivity contribution >= 4 is 23.4 Å². The molecule has 3 rings (SSSR count). The standard InChI is InChI=1S/C22H22N4O3/c1-14-8-4-5-9-16(14)13-23-21(27)19-12-20(25-15(2)24-19)26-18-11-7-6-10-17(18)22(28)29-3/h4-12H,13H2,1-3H3,(H,23,27)(H,24,25,26). The zero-order valence-electron chi connectivity index (χ0n) is 16.5. The number of aryl methyl sites for hydroxylation is 2. The van der Waals surface area contributed by atoms with Gasteiger partial charge in [-0.1, -0.05) is 36.4 Å². The third-order valence-corrected chi connectivity index (χ3v) is 4.37. The van der Waals surface area contributed by atoms with Crippen molar-refractivity contribution in [3.05, 3.63) is 82.8 Å². The van der Waals surface area contributed by atoms with Crippen LogP contribution in [0.15, 0.2) is 54.6 Å². The van der Waals surface area contributed by atoms with E-state index in [1.807, 2.05) is 31.2 Å². The molecule has 1 heterocycles. The molecule has 2 N–H and O–H groups in total. The summed E-state index contributed by atoms with van der Waals surface area (Å²) in [5, 5.41) is 5.96. The highest BCUT2D eigenvalue weighted by atomic mass is 16.5. The lowest BCUT2D eigenvalue weighted by atomic mass is 10.1. The number of hydrogen-bond donors (Lipinski definition) is 2. The largest absolute Gasteiger partial charge is 0.465 e. The van der Waals surface area contributed by atoms with Gasteiger partial charge in [0.05, 0.1) is 18.4 Å². The first kappa shape index (κ1) is 20.0. The molecule has 1 aromatic heterocycles. The van der Waals surface area contributed by atoms with Gasteiger partial charge < -0.3 is 15.4 Å². The number of nitrogens with one attached hydrogen (secondary N) is 2. The average Bonchev–Trinajstić information content (AvgIpc) is 2.72. The topological polar surface area (TPSA) is 93.2 Å². The van der Waals surface area contributed by atoms with Crippen molar-refractivity contribution in [1.82, 2.24) is 15.3 Å². The first-order chi connectivity index (χ1) is 14.0. The van der Waals surface area contributed by atoms with Crippen molar-refractivity contribution in [3.63, 3.8) is 0 Å². The maximum absolute atomic E-state index is 12.6. The SMILES string of the molecule is COC(=O)c1ccccc1Nc1cc(C(=O)NCc2ccccc2C)nc(C)n1.